The molecule has 1 heterocycles. The van der Waals surface area contributed by atoms with Crippen LogP contribution in [-0.4, -0.2) is 18.2 Å². The quantitative estimate of drug-likeness (QED) is 0.853. The summed E-state index contributed by atoms with van der Waals surface area (Å²) in [7, 11) is 1.61. The van der Waals surface area contributed by atoms with Crippen molar-refractivity contribution >= 4 is 5.97 Å². The SMILES string of the molecule is COC1=COC=C2CC(C)(C)C(CC(C)(C)C(=O)O)=C21. The number of hydrogen-bond donors (Lipinski definition) is 1. The first-order valence-electron chi connectivity index (χ1n) is 6.75. The van der Waals surface area contributed by atoms with Crippen LogP contribution in [0.1, 0.15) is 40.5 Å². The largest absolute Gasteiger partial charge is 0.493 e. The summed E-state index contributed by atoms with van der Waals surface area (Å²) >= 11 is 0. The van der Waals surface area contributed by atoms with E-state index in [0.717, 1.165) is 23.1 Å². The fraction of sp³-hybridized carbons (Fsp3) is 0.562. The predicted molar refractivity (Wildman–Crippen MR) is 75.7 cm³/mol. The monoisotopic (exact) mass is 278 g/mol. The molecule has 0 amide bonds. The highest BCUT2D eigenvalue weighted by Crippen LogP contribution is 2.52. The van der Waals surface area contributed by atoms with Crippen molar-refractivity contribution in [1.29, 1.82) is 0 Å². The lowest BCUT2D eigenvalue weighted by atomic mass is 9.75. The molecule has 0 aromatic rings. The van der Waals surface area contributed by atoms with E-state index in [9.17, 15) is 9.90 Å². The highest BCUT2D eigenvalue weighted by Gasteiger charge is 2.42. The van der Waals surface area contributed by atoms with E-state index in [2.05, 4.69) is 13.8 Å². The molecule has 0 spiro atoms. The highest BCUT2D eigenvalue weighted by atomic mass is 16.5. The molecule has 0 bridgehead atoms. The Hall–Kier alpha value is -1.71. The zero-order chi connectivity index (χ0) is 15.1. The molecule has 110 valence electrons. The van der Waals surface area contributed by atoms with E-state index in [1.54, 1.807) is 33.5 Å². The number of carboxylic acids is 1. The molecular weight excluding hydrogens is 256 g/mol. The Morgan fingerprint density at radius 1 is 1.45 bits per heavy atom. The molecule has 1 N–H and O–H groups in total. The van der Waals surface area contributed by atoms with Crippen LogP contribution in [0.2, 0.25) is 0 Å². The number of carboxylic acid groups (broad SMARTS) is 1. The van der Waals surface area contributed by atoms with Crippen LogP contribution in [0.5, 0.6) is 0 Å². The van der Waals surface area contributed by atoms with E-state index >= 15 is 0 Å². The summed E-state index contributed by atoms with van der Waals surface area (Å²) in [5.41, 5.74) is 2.36. The third kappa shape index (κ3) is 2.35. The molecule has 4 heteroatoms. The molecular formula is C16H22O4. The molecule has 2 rings (SSSR count). The van der Waals surface area contributed by atoms with Crippen LogP contribution < -0.4 is 0 Å². The van der Waals surface area contributed by atoms with Gasteiger partial charge < -0.3 is 14.6 Å². The van der Waals surface area contributed by atoms with E-state index in [-0.39, 0.29) is 5.41 Å². The standard InChI is InChI=1S/C16H22O4/c1-15(2)6-10-8-20-9-12(19-5)13(10)11(15)7-16(3,4)14(17)18/h8-9H,6-7H2,1-5H3,(H,17,18). The second kappa shape index (κ2) is 4.69. The van der Waals surface area contributed by atoms with Gasteiger partial charge in [0.15, 0.2) is 5.76 Å². The maximum Gasteiger partial charge on any atom is 0.309 e. The van der Waals surface area contributed by atoms with Crippen molar-refractivity contribution in [2.75, 3.05) is 7.11 Å². The van der Waals surface area contributed by atoms with E-state index in [1.165, 1.54) is 0 Å². The van der Waals surface area contributed by atoms with Gasteiger partial charge in [-0.3, -0.25) is 4.79 Å². The Labute approximate surface area is 119 Å². The fourth-order valence-corrected chi connectivity index (χ4v) is 2.84. The summed E-state index contributed by atoms with van der Waals surface area (Å²) in [5, 5.41) is 9.38. The van der Waals surface area contributed by atoms with Crippen LogP contribution in [0, 0.1) is 10.8 Å². The minimum atomic E-state index is -0.799. The van der Waals surface area contributed by atoms with Crippen LogP contribution >= 0.6 is 0 Å². The first-order chi connectivity index (χ1) is 9.19. The topological polar surface area (TPSA) is 55.8 Å². The number of allylic oxidation sites excluding steroid dienone is 2. The average molecular weight is 278 g/mol. The lowest BCUT2D eigenvalue weighted by molar-refractivity contribution is -0.146. The Balaban J connectivity index is 2.50. The van der Waals surface area contributed by atoms with Gasteiger partial charge in [-0.2, -0.15) is 0 Å². The summed E-state index contributed by atoms with van der Waals surface area (Å²) in [6, 6.07) is 0. The Morgan fingerprint density at radius 3 is 2.65 bits per heavy atom. The van der Waals surface area contributed by atoms with Gasteiger partial charge in [-0.1, -0.05) is 19.4 Å². The molecule has 0 fully saturated rings. The van der Waals surface area contributed by atoms with Crippen molar-refractivity contribution in [3.05, 3.63) is 35.0 Å². The zero-order valence-electron chi connectivity index (χ0n) is 12.7. The van der Waals surface area contributed by atoms with Crippen molar-refractivity contribution in [3.8, 4) is 0 Å². The van der Waals surface area contributed by atoms with Crippen molar-refractivity contribution in [3.63, 3.8) is 0 Å². The highest BCUT2D eigenvalue weighted by molar-refractivity contribution is 5.74. The predicted octanol–water partition coefficient (Wildman–Crippen LogP) is 3.62. The van der Waals surface area contributed by atoms with Gasteiger partial charge in [0.1, 0.15) is 6.26 Å². The van der Waals surface area contributed by atoms with Gasteiger partial charge >= 0.3 is 5.97 Å². The van der Waals surface area contributed by atoms with Crippen LogP contribution in [0.25, 0.3) is 0 Å². The van der Waals surface area contributed by atoms with Crippen molar-refractivity contribution in [2.24, 2.45) is 10.8 Å². The van der Waals surface area contributed by atoms with Crippen LogP contribution in [0.4, 0.5) is 0 Å². The third-order valence-corrected chi connectivity index (χ3v) is 4.12. The molecule has 0 aromatic carbocycles. The Morgan fingerprint density at radius 2 is 2.10 bits per heavy atom. The molecule has 1 aliphatic heterocycles. The third-order valence-electron chi connectivity index (χ3n) is 4.12. The second-order valence-electron chi connectivity index (χ2n) is 6.75. The summed E-state index contributed by atoms with van der Waals surface area (Å²) in [5.74, 6) is -0.0990. The number of methoxy groups -OCH3 is 1. The van der Waals surface area contributed by atoms with Gasteiger partial charge in [0, 0.05) is 5.57 Å². The van der Waals surface area contributed by atoms with Crippen LogP contribution in [-0.2, 0) is 14.3 Å². The first-order valence-corrected chi connectivity index (χ1v) is 6.75. The molecule has 0 saturated heterocycles. The lowest BCUT2D eigenvalue weighted by Crippen LogP contribution is -2.27. The van der Waals surface area contributed by atoms with Gasteiger partial charge in [-0.25, -0.2) is 0 Å². The zero-order valence-corrected chi connectivity index (χ0v) is 12.7. The number of carbonyl (C=O) groups is 1. The molecule has 1 aliphatic carbocycles. The van der Waals surface area contributed by atoms with Crippen molar-refractivity contribution in [2.45, 2.75) is 40.5 Å². The summed E-state index contributed by atoms with van der Waals surface area (Å²) in [6.45, 7) is 7.80. The maximum absolute atomic E-state index is 11.4. The van der Waals surface area contributed by atoms with Crippen molar-refractivity contribution in [1.82, 2.24) is 0 Å². The van der Waals surface area contributed by atoms with Gasteiger partial charge in [-0.05, 0) is 37.7 Å². The minimum Gasteiger partial charge on any atom is -0.493 e. The van der Waals surface area contributed by atoms with Crippen LogP contribution in [0.15, 0.2) is 35.0 Å². The number of fused-ring (bicyclic) bond motifs is 1. The van der Waals surface area contributed by atoms with E-state index < -0.39 is 11.4 Å². The summed E-state index contributed by atoms with van der Waals surface area (Å²) < 4.78 is 10.7. The van der Waals surface area contributed by atoms with E-state index in [4.69, 9.17) is 9.47 Å². The fourth-order valence-electron chi connectivity index (χ4n) is 2.84. The van der Waals surface area contributed by atoms with Crippen molar-refractivity contribution < 1.29 is 19.4 Å². The maximum atomic E-state index is 11.4. The number of ether oxygens (including phenoxy) is 2. The van der Waals surface area contributed by atoms with E-state index in [1.807, 2.05) is 0 Å². The molecule has 20 heavy (non-hydrogen) atoms. The minimum absolute atomic E-state index is 0.0841. The summed E-state index contributed by atoms with van der Waals surface area (Å²) in [6.07, 6.45) is 4.66. The first kappa shape index (κ1) is 14.7. The van der Waals surface area contributed by atoms with Gasteiger partial charge in [0.05, 0.1) is 18.8 Å². The van der Waals surface area contributed by atoms with Gasteiger partial charge in [-0.15, -0.1) is 0 Å². The Kier molecular flexibility index (Phi) is 3.44. The smallest absolute Gasteiger partial charge is 0.309 e. The molecule has 0 radical (unpaired) electrons. The van der Waals surface area contributed by atoms with Gasteiger partial charge in [0.2, 0.25) is 0 Å². The van der Waals surface area contributed by atoms with Gasteiger partial charge in [0.25, 0.3) is 0 Å². The molecule has 0 saturated carbocycles. The molecule has 0 unspecified atom stereocenters. The second-order valence-corrected chi connectivity index (χ2v) is 6.75. The summed E-state index contributed by atoms with van der Waals surface area (Å²) in [4.78, 5) is 11.4. The molecule has 0 aromatic heterocycles. The van der Waals surface area contributed by atoms with Crippen LogP contribution in [0.3, 0.4) is 0 Å². The molecule has 0 atom stereocenters. The number of hydrogen-bond acceptors (Lipinski definition) is 3. The molecule has 2 aliphatic rings. The van der Waals surface area contributed by atoms with E-state index in [0.29, 0.717) is 12.2 Å². The Bertz CT molecular complexity index is 533. The average Bonchev–Trinajstić information content (AvgIpc) is 2.59. The lowest BCUT2D eigenvalue weighted by Gasteiger charge is -2.28. The number of rotatable bonds is 4. The normalized spacial score (nSPS) is 20.9. The molecule has 4 nitrogen and oxygen atoms in total. The number of aliphatic carboxylic acids is 1.